The highest BCUT2D eigenvalue weighted by atomic mass is 32.1. The molecule has 5 heteroatoms. The molecule has 21 heavy (non-hydrogen) atoms. The van der Waals surface area contributed by atoms with Crippen LogP contribution in [0.2, 0.25) is 0 Å². The predicted molar refractivity (Wildman–Crippen MR) is 88.9 cm³/mol. The van der Waals surface area contributed by atoms with Crippen LogP contribution in [-0.4, -0.2) is 23.8 Å². The number of hydrogen-bond donors (Lipinski definition) is 1. The summed E-state index contributed by atoms with van der Waals surface area (Å²) in [4.78, 5) is 3.24. The number of H-pyrrole nitrogens is 1. The second kappa shape index (κ2) is 6.98. The van der Waals surface area contributed by atoms with Gasteiger partial charge in [-0.1, -0.05) is 26.7 Å². The maximum Gasteiger partial charge on any atom is 0.178 e. The fourth-order valence-corrected chi connectivity index (χ4v) is 2.83. The van der Waals surface area contributed by atoms with E-state index in [1.165, 1.54) is 12.8 Å². The molecule has 1 heterocycles. The normalized spacial score (nSPS) is 11.3. The molecule has 2 aromatic rings. The van der Waals surface area contributed by atoms with Crippen molar-refractivity contribution in [2.75, 3.05) is 14.2 Å². The summed E-state index contributed by atoms with van der Waals surface area (Å²) >= 11 is 5.44. The number of rotatable bonds is 7. The Labute approximate surface area is 131 Å². The van der Waals surface area contributed by atoms with E-state index in [1.54, 1.807) is 14.2 Å². The van der Waals surface area contributed by atoms with Crippen molar-refractivity contribution in [1.82, 2.24) is 9.55 Å². The summed E-state index contributed by atoms with van der Waals surface area (Å²) in [5.74, 6) is 2.20. The third-order valence-corrected chi connectivity index (χ3v) is 4.02. The van der Waals surface area contributed by atoms with Crippen LogP contribution in [0.3, 0.4) is 0 Å². The Bertz CT molecular complexity index is 658. The Hall–Kier alpha value is -1.49. The highest BCUT2D eigenvalue weighted by Crippen LogP contribution is 2.32. The summed E-state index contributed by atoms with van der Waals surface area (Å²) in [6.45, 7) is 5.45. The number of methoxy groups -OCH3 is 2. The van der Waals surface area contributed by atoms with Gasteiger partial charge in [-0.3, -0.25) is 0 Å². The van der Waals surface area contributed by atoms with E-state index in [9.17, 15) is 0 Å². The quantitative estimate of drug-likeness (QED) is 0.603. The van der Waals surface area contributed by atoms with E-state index in [1.807, 2.05) is 12.1 Å². The van der Waals surface area contributed by atoms with Gasteiger partial charge in [0.2, 0.25) is 0 Å². The molecule has 1 N–H and O–H groups in total. The Morgan fingerprint density at radius 1 is 1.14 bits per heavy atom. The number of aromatic nitrogens is 2. The number of aryl methyl sites for hydroxylation is 1. The van der Waals surface area contributed by atoms with Gasteiger partial charge in [-0.15, -0.1) is 0 Å². The third kappa shape index (κ3) is 3.59. The lowest BCUT2D eigenvalue weighted by molar-refractivity contribution is 0.355. The topological polar surface area (TPSA) is 39.2 Å². The van der Waals surface area contributed by atoms with Crippen LogP contribution in [0.15, 0.2) is 12.1 Å². The van der Waals surface area contributed by atoms with Gasteiger partial charge in [-0.2, -0.15) is 0 Å². The average Bonchev–Trinajstić information content (AvgIpc) is 2.76. The van der Waals surface area contributed by atoms with Crippen molar-refractivity contribution in [1.29, 1.82) is 0 Å². The van der Waals surface area contributed by atoms with Gasteiger partial charge >= 0.3 is 0 Å². The summed E-state index contributed by atoms with van der Waals surface area (Å²) < 4.78 is 13.6. The first kappa shape index (κ1) is 15.9. The third-order valence-electron chi connectivity index (χ3n) is 3.69. The van der Waals surface area contributed by atoms with Crippen molar-refractivity contribution in [3.63, 3.8) is 0 Å². The number of aromatic amines is 1. The van der Waals surface area contributed by atoms with Gasteiger partial charge in [0, 0.05) is 18.7 Å². The molecule has 0 aliphatic carbocycles. The van der Waals surface area contributed by atoms with Gasteiger partial charge < -0.3 is 19.0 Å². The smallest absolute Gasteiger partial charge is 0.178 e. The summed E-state index contributed by atoms with van der Waals surface area (Å²) in [6, 6.07) is 3.93. The summed E-state index contributed by atoms with van der Waals surface area (Å²) in [7, 11) is 3.29. The van der Waals surface area contributed by atoms with Gasteiger partial charge in [0.05, 0.1) is 25.3 Å². The lowest BCUT2D eigenvalue weighted by atomic mass is 10.1. The maximum atomic E-state index is 5.44. The highest BCUT2D eigenvalue weighted by Gasteiger charge is 2.11. The van der Waals surface area contributed by atoms with Crippen molar-refractivity contribution in [3.8, 4) is 11.5 Å². The molecule has 0 fully saturated rings. The van der Waals surface area contributed by atoms with Crippen LogP contribution in [0.5, 0.6) is 11.5 Å². The van der Waals surface area contributed by atoms with E-state index in [4.69, 9.17) is 21.7 Å². The van der Waals surface area contributed by atoms with E-state index >= 15 is 0 Å². The molecule has 0 spiro atoms. The number of nitrogens with zero attached hydrogens (tertiary/aromatic N) is 1. The minimum absolute atomic E-state index is 0.716. The number of hydrogen-bond acceptors (Lipinski definition) is 3. The zero-order chi connectivity index (χ0) is 15.4. The molecule has 0 aliphatic rings. The molecule has 0 bridgehead atoms. The number of fused-ring (bicyclic) bond motifs is 1. The zero-order valence-electron chi connectivity index (χ0n) is 13.2. The van der Waals surface area contributed by atoms with Crippen LogP contribution in [0.4, 0.5) is 0 Å². The second-order valence-corrected chi connectivity index (χ2v) is 6.08. The number of imidazole rings is 1. The molecule has 2 rings (SSSR count). The Morgan fingerprint density at radius 2 is 1.81 bits per heavy atom. The largest absolute Gasteiger partial charge is 0.493 e. The van der Waals surface area contributed by atoms with Gasteiger partial charge in [-0.05, 0) is 24.6 Å². The molecule has 0 radical (unpaired) electrons. The first-order valence-corrected chi connectivity index (χ1v) is 7.82. The number of benzene rings is 1. The van der Waals surface area contributed by atoms with E-state index in [0.29, 0.717) is 5.75 Å². The Balaban J connectivity index is 2.27. The van der Waals surface area contributed by atoms with E-state index in [-0.39, 0.29) is 0 Å². The average molecular weight is 308 g/mol. The molecular weight excluding hydrogens is 284 g/mol. The van der Waals surface area contributed by atoms with Crippen molar-refractivity contribution in [2.24, 2.45) is 5.92 Å². The van der Waals surface area contributed by atoms with Gasteiger partial charge in [0.1, 0.15) is 0 Å². The van der Waals surface area contributed by atoms with Crippen molar-refractivity contribution < 1.29 is 9.47 Å². The number of nitrogens with one attached hydrogen (secondary N) is 1. The molecule has 1 aromatic carbocycles. The maximum absolute atomic E-state index is 5.44. The standard InChI is InChI=1S/C16H24N2O2S/c1-11(2)7-5-6-8-18-13-10-15(20-4)14(19-3)9-12(13)17-16(18)21/h9-11H,5-8H2,1-4H3,(H,17,21). The highest BCUT2D eigenvalue weighted by molar-refractivity contribution is 7.71. The lowest BCUT2D eigenvalue weighted by Gasteiger charge is -2.09. The minimum Gasteiger partial charge on any atom is -0.493 e. The molecule has 116 valence electrons. The van der Waals surface area contributed by atoms with Crippen LogP contribution < -0.4 is 9.47 Å². The second-order valence-electron chi connectivity index (χ2n) is 5.70. The minimum atomic E-state index is 0.716. The monoisotopic (exact) mass is 308 g/mol. The zero-order valence-corrected chi connectivity index (χ0v) is 14.0. The number of ether oxygens (including phenoxy) is 2. The van der Waals surface area contributed by atoms with Crippen LogP contribution >= 0.6 is 12.2 Å². The van der Waals surface area contributed by atoms with Crippen LogP contribution in [0.25, 0.3) is 11.0 Å². The van der Waals surface area contributed by atoms with Gasteiger partial charge in [0.25, 0.3) is 0 Å². The predicted octanol–water partition coefficient (Wildman–Crippen LogP) is 4.54. The summed E-state index contributed by atoms with van der Waals surface area (Å²) in [6.07, 6.45) is 3.61. The molecule has 0 unspecified atom stereocenters. The fraction of sp³-hybridized carbons (Fsp3) is 0.562. The van der Waals surface area contributed by atoms with Gasteiger partial charge in [0.15, 0.2) is 16.3 Å². The van der Waals surface area contributed by atoms with Crippen LogP contribution in [0, 0.1) is 10.7 Å². The van der Waals surface area contributed by atoms with Crippen molar-refractivity contribution in [2.45, 2.75) is 39.7 Å². The first-order valence-electron chi connectivity index (χ1n) is 7.41. The summed E-state index contributed by atoms with van der Waals surface area (Å²) in [5, 5.41) is 0. The van der Waals surface area contributed by atoms with E-state index in [0.717, 1.165) is 40.4 Å². The molecule has 1 aromatic heterocycles. The fourth-order valence-electron chi connectivity index (χ4n) is 2.53. The first-order chi connectivity index (χ1) is 10.1. The molecule has 4 nitrogen and oxygen atoms in total. The van der Waals surface area contributed by atoms with E-state index < -0.39 is 0 Å². The Kier molecular flexibility index (Phi) is 5.28. The SMILES string of the molecule is COc1cc2[nH]c(=S)n(CCCCC(C)C)c2cc1OC. The lowest BCUT2D eigenvalue weighted by Crippen LogP contribution is -1.99. The van der Waals surface area contributed by atoms with E-state index in [2.05, 4.69) is 23.4 Å². The molecule has 0 amide bonds. The number of unbranched alkanes of at least 4 members (excludes halogenated alkanes) is 1. The molecule has 0 saturated carbocycles. The van der Waals surface area contributed by atoms with Crippen molar-refractivity contribution >= 4 is 23.3 Å². The summed E-state index contributed by atoms with van der Waals surface area (Å²) in [5.41, 5.74) is 2.06. The van der Waals surface area contributed by atoms with Crippen LogP contribution in [0.1, 0.15) is 33.1 Å². The molecule has 0 saturated heterocycles. The molecular formula is C16H24N2O2S. The van der Waals surface area contributed by atoms with Crippen LogP contribution in [-0.2, 0) is 6.54 Å². The molecule has 0 atom stereocenters. The Morgan fingerprint density at radius 3 is 2.43 bits per heavy atom. The molecule has 0 aliphatic heterocycles. The van der Waals surface area contributed by atoms with Crippen molar-refractivity contribution in [3.05, 3.63) is 16.9 Å². The van der Waals surface area contributed by atoms with Gasteiger partial charge in [-0.25, -0.2) is 0 Å².